The molecule has 3 rings (SSSR count). The van der Waals surface area contributed by atoms with Crippen molar-refractivity contribution in [2.45, 2.75) is 19.4 Å². The predicted octanol–water partition coefficient (Wildman–Crippen LogP) is 7.34. The van der Waals surface area contributed by atoms with Gasteiger partial charge in [0, 0.05) is 17.0 Å². The van der Waals surface area contributed by atoms with Crippen molar-refractivity contribution in [2.24, 2.45) is 0 Å². The molecular weight excluding hydrogens is 431 g/mol. The first kappa shape index (κ1) is 21.6. The second-order valence-electron chi connectivity index (χ2n) is 6.56. The predicted molar refractivity (Wildman–Crippen MR) is 120 cm³/mol. The summed E-state index contributed by atoms with van der Waals surface area (Å²) in [4.78, 5) is 0. The standard InChI is InChI=1S/C23H21Cl3O3/c1-14(29-21-7-5-4-6-18(21)24)10-16-11-20(26)17(13-22(16)27-2)15-8-9-19(25)23(12-15)28-3/h4-9,11-14H,10H2,1-3H3. The molecule has 0 spiro atoms. The van der Waals surface area contributed by atoms with E-state index >= 15 is 0 Å². The van der Waals surface area contributed by atoms with Gasteiger partial charge in [-0.15, -0.1) is 0 Å². The van der Waals surface area contributed by atoms with Crippen molar-refractivity contribution >= 4 is 34.8 Å². The van der Waals surface area contributed by atoms with Crippen LogP contribution in [0.1, 0.15) is 12.5 Å². The largest absolute Gasteiger partial charge is 0.496 e. The number of ether oxygens (including phenoxy) is 3. The Labute approximate surface area is 186 Å². The van der Waals surface area contributed by atoms with Crippen LogP contribution in [0.5, 0.6) is 17.2 Å². The van der Waals surface area contributed by atoms with E-state index in [9.17, 15) is 0 Å². The number of halogens is 3. The van der Waals surface area contributed by atoms with E-state index in [0.717, 1.165) is 22.4 Å². The summed E-state index contributed by atoms with van der Waals surface area (Å²) < 4.78 is 16.9. The van der Waals surface area contributed by atoms with Gasteiger partial charge in [-0.1, -0.05) is 53.0 Å². The Kier molecular flexibility index (Phi) is 7.18. The highest BCUT2D eigenvalue weighted by atomic mass is 35.5. The molecule has 0 bridgehead atoms. The van der Waals surface area contributed by atoms with E-state index < -0.39 is 0 Å². The molecule has 0 saturated carbocycles. The number of methoxy groups -OCH3 is 2. The normalized spacial score (nSPS) is 11.8. The SMILES string of the molecule is COc1cc(-c2cc(OC)c(CC(C)Oc3ccccc3Cl)cc2Cl)ccc1Cl. The number of para-hydroxylation sites is 1. The van der Waals surface area contributed by atoms with Crippen LogP contribution in [0.25, 0.3) is 11.1 Å². The Morgan fingerprint density at radius 2 is 1.45 bits per heavy atom. The van der Waals surface area contributed by atoms with E-state index in [4.69, 9.17) is 49.0 Å². The number of hydrogen-bond donors (Lipinski definition) is 0. The summed E-state index contributed by atoms with van der Waals surface area (Å²) in [6.45, 7) is 1.98. The van der Waals surface area contributed by atoms with Crippen LogP contribution in [0.3, 0.4) is 0 Å². The van der Waals surface area contributed by atoms with Crippen LogP contribution in [0.15, 0.2) is 54.6 Å². The van der Waals surface area contributed by atoms with Crippen molar-refractivity contribution in [3.8, 4) is 28.4 Å². The van der Waals surface area contributed by atoms with Gasteiger partial charge in [0.05, 0.1) is 24.3 Å². The Hall–Kier alpha value is -2.07. The summed E-state index contributed by atoms with van der Waals surface area (Å²) in [5, 5.41) is 1.73. The molecule has 6 heteroatoms. The van der Waals surface area contributed by atoms with Gasteiger partial charge < -0.3 is 14.2 Å². The third-order valence-electron chi connectivity index (χ3n) is 4.50. The average molecular weight is 452 g/mol. The minimum absolute atomic E-state index is 0.124. The van der Waals surface area contributed by atoms with Crippen molar-refractivity contribution in [2.75, 3.05) is 14.2 Å². The Balaban J connectivity index is 1.87. The lowest BCUT2D eigenvalue weighted by atomic mass is 10.00. The fourth-order valence-corrected chi connectivity index (χ4v) is 3.77. The molecule has 0 saturated heterocycles. The number of hydrogen-bond acceptors (Lipinski definition) is 3. The Morgan fingerprint density at radius 3 is 2.14 bits per heavy atom. The Morgan fingerprint density at radius 1 is 0.759 bits per heavy atom. The quantitative estimate of drug-likeness (QED) is 0.376. The Bertz CT molecular complexity index is 1000. The van der Waals surface area contributed by atoms with Gasteiger partial charge in [-0.3, -0.25) is 0 Å². The first-order chi connectivity index (χ1) is 13.9. The summed E-state index contributed by atoms with van der Waals surface area (Å²) in [7, 11) is 3.22. The minimum atomic E-state index is -0.124. The highest BCUT2D eigenvalue weighted by Gasteiger charge is 2.16. The lowest BCUT2D eigenvalue weighted by Crippen LogP contribution is -2.16. The highest BCUT2D eigenvalue weighted by Crippen LogP contribution is 2.38. The summed E-state index contributed by atoms with van der Waals surface area (Å²) in [6, 6.07) is 16.8. The van der Waals surface area contributed by atoms with Crippen LogP contribution in [0.4, 0.5) is 0 Å². The molecule has 0 aliphatic heterocycles. The summed E-state index contributed by atoms with van der Waals surface area (Å²) in [5.41, 5.74) is 2.67. The van der Waals surface area contributed by atoms with E-state index in [2.05, 4.69) is 0 Å². The monoisotopic (exact) mass is 450 g/mol. The first-order valence-corrected chi connectivity index (χ1v) is 10.2. The molecule has 0 N–H and O–H groups in total. The van der Waals surface area contributed by atoms with Crippen molar-refractivity contribution in [1.29, 1.82) is 0 Å². The van der Waals surface area contributed by atoms with Crippen LogP contribution in [0, 0.1) is 0 Å². The van der Waals surface area contributed by atoms with E-state index in [0.29, 0.717) is 33.0 Å². The second-order valence-corrected chi connectivity index (χ2v) is 7.78. The van der Waals surface area contributed by atoms with E-state index in [1.54, 1.807) is 26.4 Å². The van der Waals surface area contributed by atoms with E-state index in [1.165, 1.54) is 0 Å². The maximum Gasteiger partial charge on any atom is 0.138 e. The molecular formula is C23H21Cl3O3. The molecule has 0 radical (unpaired) electrons. The first-order valence-electron chi connectivity index (χ1n) is 9.04. The van der Waals surface area contributed by atoms with Crippen LogP contribution in [-0.2, 0) is 6.42 Å². The molecule has 0 aliphatic carbocycles. The lowest BCUT2D eigenvalue weighted by molar-refractivity contribution is 0.221. The van der Waals surface area contributed by atoms with Gasteiger partial charge in [0.25, 0.3) is 0 Å². The smallest absolute Gasteiger partial charge is 0.138 e. The van der Waals surface area contributed by atoms with Gasteiger partial charge in [-0.05, 0) is 54.4 Å². The van der Waals surface area contributed by atoms with Gasteiger partial charge >= 0.3 is 0 Å². The molecule has 29 heavy (non-hydrogen) atoms. The zero-order valence-electron chi connectivity index (χ0n) is 16.3. The third kappa shape index (κ3) is 5.11. The van der Waals surface area contributed by atoms with Gasteiger partial charge in [-0.2, -0.15) is 0 Å². The van der Waals surface area contributed by atoms with Crippen molar-refractivity contribution in [3.63, 3.8) is 0 Å². The molecule has 3 nitrogen and oxygen atoms in total. The van der Waals surface area contributed by atoms with Gasteiger partial charge in [-0.25, -0.2) is 0 Å². The fraction of sp³-hybridized carbons (Fsp3) is 0.217. The van der Waals surface area contributed by atoms with Crippen LogP contribution < -0.4 is 14.2 Å². The zero-order chi connectivity index (χ0) is 21.0. The fourth-order valence-electron chi connectivity index (χ4n) is 3.10. The minimum Gasteiger partial charge on any atom is -0.496 e. The molecule has 3 aromatic carbocycles. The number of rotatable bonds is 7. The van der Waals surface area contributed by atoms with Crippen molar-refractivity contribution < 1.29 is 14.2 Å². The summed E-state index contributed by atoms with van der Waals surface area (Å²) in [5.74, 6) is 1.97. The van der Waals surface area contributed by atoms with Crippen LogP contribution in [0.2, 0.25) is 15.1 Å². The maximum atomic E-state index is 6.61. The van der Waals surface area contributed by atoms with Gasteiger partial charge in [0.15, 0.2) is 0 Å². The molecule has 152 valence electrons. The second kappa shape index (κ2) is 9.62. The van der Waals surface area contributed by atoms with E-state index in [-0.39, 0.29) is 6.10 Å². The zero-order valence-corrected chi connectivity index (χ0v) is 18.6. The molecule has 0 heterocycles. The topological polar surface area (TPSA) is 27.7 Å². The molecule has 1 unspecified atom stereocenters. The maximum absolute atomic E-state index is 6.61. The third-order valence-corrected chi connectivity index (χ3v) is 5.44. The van der Waals surface area contributed by atoms with Crippen molar-refractivity contribution in [3.05, 3.63) is 75.2 Å². The number of benzene rings is 3. The molecule has 0 aliphatic rings. The van der Waals surface area contributed by atoms with Crippen LogP contribution in [-0.4, -0.2) is 20.3 Å². The molecule has 1 atom stereocenters. The molecule has 3 aromatic rings. The van der Waals surface area contributed by atoms with Crippen LogP contribution >= 0.6 is 34.8 Å². The van der Waals surface area contributed by atoms with Gasteiger partial charge in [0.1, 0.15) is 23.4 Å². The molecule has 0 fully saturated rings. The average Bonchev–Trinajstić information content (AvgIpc) is 2.70. The van der Waals surface area contributed by atoms with Crippen molar-refractivity contribution in [1.82, 2.24) is 0 Å². The van der Waals surface area contributed by atoms with E-state index in [1.807, 2.05) is 49.4 Å². The molecule has 0 aromatic heterocycles. The lowest BCUT2D eigenvalue weighted by Gasteiger charge is -2.19. The molecule has 0 amide bonds. The summed E-state index contributed by atoms with van der Waals surface area (Å²) >= 11 is 18.9. The van der Waals surface area contributed by atoms with Gasteiger partial charge in [0.2, 0.25) is 0 Å². The highest BCUT2D eigenvalue weighted by molar-refractivity contribution is 6.34. The summed E-state index contributed by atoms with van der Waals surface area (Å²) in [6.07, 6.45) is 0.486.